The van der Waals surface area contributed by atoms with E-state index in [4.69, 9.17) is 0 Å². The maximum atomic E-state index is 2.71. The first kappa shape index (κ1) is 14.7. The third-order valence-corrected chi connectivity index (χ3v) is 4.65. The van der Waals surface area contributed by atoms with Crippen molar-refractivity contribution in [1.29, 1.82) is 0 Å². The summed E-state index contributed by atoms with van der Waals surface area (Å²) >= 11 is 0.0981. The normalized spacial score (nSPS) is 20.7. The molecule has 1 aliphatic carbocycles. The molecular formula is C10H17Cl2NTi. The molecule has 0 atom stereocenters. The molecule has 1 aliphatic heterocycles. The number of nitrogens with zero attached hydrogens (tertiary/aromatic N) is 1. The van der Waals surface area contributed by atoms with Crippen molar-refractivity contribution in [1.82, 2.24) is 3.38 Å². The first-order valence-electron chi connectivity index (χ1n) is 4.82. The van der Waals surface area contributed by atoms with E-state index in [2.05, 4.69) is 21.6 Å². The van der Waals surface area contributed by atoms with Crippen LogP contribution in [0.4, 0.5) is 0 Å². The molecule has 1 nitrogen and oxygen atoms in total. The van der Waals surface area contributed by atoms with Gasteiger partial charge in [0.1, 0.15) is 0 Å². The number of halogens is 2. The fourth-order valence-electron chi connectivity index (χ4n) is 1.74. The SMILES string of the molecule is C1=CC[C]([Ti][N]2CCCCC2)=C1.Cl.Cl. The molecule has 0 bridgehead atoms. The van der Waals surface area contributed by atoms with Crippen molar-refractivity contribution in [2.75, 3.05) is 13.1 Å². The van der Waals surface area contributed by atoms with Crippen LogP contribution in [0.1, 0.15) is 25.7 Å². The molecule has 0 amide bonds. The molecule has 4 heteroatoms. The largest absolute Gasteiger partial charge is 0.147 e. The van der Waals surface area contributed by atoms with Gasteiger partial charge in [0.25, 0.3) is 0 Å². The van der Waals surface area contributed by atoms with Gasteiger partial charge in [0, 0.05) is 0 Å². The number of piperidine rings is 1. The van der Waals surface area contributed by atoms with Crippen LogP contribution in [-0.2, 0) is 19.4 Å². The van der Waals surface area contributed by atoms with E-state index in [1.54, 1.807) is 3.88 Å². The third kappa shape index (κ3) is 4.50. The molecule has 0 saturated carbocycles. The summed E-state index contributed by atoms with van der Waals surface area (Å²) in [5.41, 5.74) is 0. The molecule has 0 aromatic carbocycles. The summed E-state index contributed by atoms with van der Waals surface area (Å²) in [5.74, 6) is 0. The summed E-state index contributed by atoms with van der Waals surface area (Å²) in [5, 5.41) is 0. The van der Waals surface area contributed by atoms with Crippen LogP contribution < -0.4 is 0 Å². The molecule has 0 aromatic heterocycles. The van der Waals surface area contributed by atoms with Gasteiger partial charge in [0.15, 0.2) is 0 Å². The van der Waals surface area contributed by atoms with Crippen LogP contribution in [0, 0.1) is 0 Å². The zero-order chi connectivity index (χ0) is 8.23. The Hall–Kier alpha value is 0.734. The zero-order valence-corrected chi connectivity index (χ0v) is 11.4. The van der Waals surface area contributed by atoms with Crippen molar-refractivity contribution >= 4 is 24.8 Å². The second kappa shape index (κ2) is 7.95. The first-order chi connectivity index (χ1) is 5.95. The maximum Gasteiger partial charge on any atom is -0.147 e. The molecule has 14 heavy (non-hydrogen) atoms. The molecule has 0 radical (unpaired) electrons. The van der Waals surface area contributed by atoms with E-state index in [0.717, 1.165) is 0 Å². The van der Waals surface area contributed by atoms with Crippen molar-refractivity contribution < 1.29 is 19.4 Å². The minimum absolute atomic E-state index is 0. The van der Waals surface area contributed by atoms with Gasteiger partial charge in [0.05, 0.1) is 0 Å². The van der Waals surface area contributed by atoms with Crippen LogP contribution in [-0.4, -0.2) is 16.5 Å². The number of rotatable bonds is 2. The number of hydrogen-bond acceptors (Lipinski definition) is 1. The Kier molecular flexibility index (Phi) is 8.37. The molecule has 1 heterocycles. The number of allylic oxidation sites excluding steroid dienone is 4. The summed E-state index contributed by atoms with van der Waals surface area (Å²) in [6.45, 7) is 2.74. The fourth-order valence-corrected chi connectivity index (χ4v) is 3.81. The molecule has 0 spiro atoms. The van der Waals surface area contributed by atoms with Gasteiger partial charge in [-0.15, -0.1) is 24.8 Å². The van der Waals surface area contributed by atoms with E-state index < -0.39 is 0 Å². The van der Waals surface area contributed by atoms with Crippen LogP contribution in [0.2, 0.25) is 0 Å². The van der Waals surface area contributed by atoms with Gasteiger partial charge < -0.3 is 0 Å². The average molecular weight is 270 g/mol. The van der Waals surface area contributed by atoms with E-state index in [0.29, 0.717) is 0 Å². The molecule has 0 unspecified atom stereocenters. The Morgan fingerprint density at radius 1 is 1.07 bits per heavy atom. The summed E-state index contributed by atoms with van der Waals surface area (Å²) in [7, 11) is 0. The minimum Gasteiger partial charge on any atom is -0.147 e. The Morgan fingerprint density at radius 3 is 2.36 bits per heavy atom. The molecule has 2 rings (SSSR count). The van der Waals surface area contributed by atoms with Crippen molar-refractivity contribution in [2.45, 2.75) is 25.7 Å². The van der Waals surface area contributed by atoms with Crippen LogP contribution in [0.15, 0.2) is 22.1 Å². The van der Waals surface area contributed by atoms with Crippen LogP contribution in [0.5, 0.6) is 0 Å². The maximum absolute atomic E-state index is 2.71. The van der Waals surface area contributed by atoms with Gasteiger partial charge >= 0.3 is 83.7 Å². The van der Waals surface area contributed by atoms with Gasteiger partial charge in [-0.1, -0.05) is 0 Å². The molecule has 1 fully saturated rings. The van der Waals surface area contributed by atoms with E-state index in [1.165, 1.54) is 38.8 Å². The van der Waals surface area contributed by atoms with Crippen molar-refractivity contribution in [3.05, 3.63) is 22.1 Å². The predicted octanol–water partition coefficient (Wildman–Crippen LogP) is 3.16. The second-order valence-corrected chi connectivity index (χ2v) is 5.82. The second-order valence-electron chi connectivity index (χ2n) is 3.48. The minimum atomic E-state index is 0. The monoisotopic (exact) mass is 269 g/mol. The van der Waals surface area contributed by atoms with Gasteiger partial charge in [-0.3, -0.25) is 0 Å². The summed E-state index contributed by atoms with van der Waals surface area (Å²) in [6, 6.07) is 0. The van der Waals surface area contributed by atoms with Gasteiger partial charge in [0.2, 0.25) is 0 Å². The van der Waals surface area contributed by atoms with Crippen molar-refractivity contribution in [3.63, 3.8) is 0 Å². The Morgan fingerprint density at radius 2 is 1.79 bits per heavy atom. The quantitative estimate of drug-likeness (QED) is 0.697. The van der Waals surface area contributed by atoms with E-state index >= 15 is 0 Å². The van der Waals surface area contributed by atoms with Crippen LogP contribution in [0.25, 0.3) is 0 Å². The zero-order valence-electron chi connectivity index (χ0n) is 8.24. The topological polar surface area (TPSA) is 3.24 Å². The predicted molar refractivity (Wildman–Crippen MR) is 61.8 cm³/mol. The standard InChI is InChI=1S/C5H10N.C5H5.2ClH.Ti/c1-2-4-6-5-3-1;1-2-4-5-3-1;;;/h1-5H2;1-3H,4H2;2*1H;/q-1;;;;+1. The summed E-state index contributed by atoms with van der Waals surface area (Å²) in [4.78, 5) is 0. The van der Waals surface area contributed by atoms with E-state index in [1.807, 2.05) is 0 Å². The Balaban J connectivity index is 0.000000845. The Labute approximate surface area is 108 Å². The first-order valence-corrected chi connectivity index (χ1v) is 6.30. The molecule has 80 valence electrons. The molecule has 1 saturated heterocycles. The van der Waals surface area contributed by atoms with Crippen molar-refractivity contribution in [2.24, 2.45) is 0 Å². The smallest absolute Gasteiger partial charge is 0.147 e. The molecule has 0 aromatic rings. The molecular weight excluding hydrogens is 253 g/mol. The number of hydrogen-bond donors (Lipinski definition) is 0. The fraction of sp³-hybridized carbons (Fsp3) is 0.600. The average Bonchev–Trinajstić information content (AvgIpc) is 2.59. The Bertz CT molecular complexity index is 210. The van der Waals surface area contributed by atoms with Gasteiger partial charge in [-0.05, 0) is 0 Å². The van der Waals surface area contributed by atoms with Gasteiger partial charge in [-0.2, -0.15) is 0 Å². The summed E-state index contributed by atoms with van der Waals surface area (Å²) < 4.78 is 4.43. The van der Waals surface area contributed by atoms with E-state index in [-0.39, 0.29) is 44.2 Å². The molecule has 0 N–H and O–H groups in total. The molecule has 2 aliphatic rings. The van der Waals surface area contributed by atoms with Crippen LogP contribution >= 0.6 is 24.8 Å². The van der Waals surface area contributed by atoms with Gasteiger partial charge in [-0.25, -0.2) is 0 Å². The third-order valence-electron chi connectivity index (χ3n) is 2.43. The van der Waals surface area contributed by atoms with Crippen LogP contribution in [0.3, 0.4) is 0 Å². The summed E-state index contributed by atoms with van der Waals surface area (Å²) in [6.07, 6.45) is 12.4. The van der Waals surface area contributed by atoms with E-state index in [9.17, 15) is 0 Å². The van der Waals surface area contributed by atoms with Crippen molar-refractivity contribution in [3.8, 4) is 0 Å².